The maximum Gasteiger partial charge on any atom is 0.239 e. The average molecular weight is 346 g/mol. The highest BCUT2D eigenvalue weighted by Gasteiger charge is 2.39. The van der Waals surface area contributed by atoms with E-state index in [1.54, 1.807) is 32.0 Å². The number of hydrogen-bond donors (Lipinski definition) is 1. The zero-order valence-corrected chi connectivity index (χ0v) is 15.0. The summed E-state index contributed by atoms with van der Waals surface area (Å²) in [6.45, 7) is 5.86. The number of rotatable bonds is 3. The molecule has 0 atom stereocenters. The topological polar surface area (TPSA) is 67.9 Å². The highest BCUT2D eigenvalue weighted by atomic mass is 16.6. The van der Waals surface area contributed by atoms with Crippen LogP contribution in [0.2, 0.25) is 0 Å². The number of hydrogen-bond acceptors (Lipinski definition) is 4. The first-order valence-electron chi connectivity index (χ1n) is 8.99. The molecule has 6 heteroatoms. The van der Waals surface area contributed by atoms with Crippen molar-refractivity contribution in [3.8, 4) is 11.5 Å². The molecule has 0 spiro atoms. The second kappa shape index (κ2) is 7.33. The second-order valence-corrected chi connectivity index (χ2v) is 7.14. The third-order valence-electron chi connectivity index (χ3n) is 4.80. The van der Waals surface area contributed by atoms with E-state index in [-0.39, 0.29) is 11.8 Å². The predicted molar refractivity (Wildman–Crippen MR) is 94.9 cm³/mol. The first-order chi connectivity index (χ1) is 12.0. The minimum atomic E-state index is -1.11. The second-order valence-electron chi connectivity index (χ2n) is 7.14. The molecule has 0 bridgehead atoms. The van der Waals surface area contributed by atoms with Crippen molar-refractivity contribution >= 4 is 17.5 Å². The molecule has 25 heavy (non-hydrogen) atoms. The molecule has 0 aromatic heterocycles. The molecule has 2 aliphatic rings. The van der Waals surface area contributed by atoms with Gasteiger partial charge in [-0.3, -0.25) is 9.59 Å². The third-order valence-corrected chi connectivity index (χ3v) is 4.80. The fraction of sp³-hybridized carbons (Fsp3) is 0.579. The Labute approximate surface area is 148 Å². The van der Waals surface area contributed by atoms with Gasteiger partial charge in [-0.05, 0) is 38.8 Å². The number of benzene rings is 1. The highest BCUT2D eigenvalue weighted by molar-refractivity contribution is 6.09. The van der Waals surface area contributed by atoms with Gasteiger partial charge in [0.15, 0.2) is 11.5 Å². The molecule has 0 unspecified atom stereocenters. The van der Waals surface area contributed by atoms with Gasteiger partial charge >= 0.3 is 0 Å². The molecule has 1 fully saturated rings. The SMILES string of the molecule is CC(C)(C(=O)Nc1ccc2c(c1)OCCO2)C(=O)N1CCCCCC1. The Bertz CT molecular complexity index is 649. The number of nitrogens with zero attached hydrogens (tertiary/aromatic N) is 1. The lowest BCUT2D eigenvalue weighted by molar-refractivity contribution is -0.146. The summed E-state index contributed by atoms with van der Waals surface area (Å²) >= 11 is 0. The molecule has 2 heterocycles. The van der Waals surface area contributed by atoms with Gasteiger partial charge in [-0.1, -0.05) is 12.8 Å². The van der Waals surface area contributed by atoms with Crippen LogP contribution in [0.3, 0.4) is 0 Å². The van der Waals surface area contributed by atoms with Crippen LogP contribution in [0.15, 0.2) is 18.2 Å². The first kappa shape index (κ1) is 17.6. The Morgan fingerprint density at radius 3 is 2.32 bits per heavy atom. The molecule has 0 aliphatic carbocycles. The summed E-state index contributed by atoms with van der Waals surface area (Å²) in [6, 6.07) is 5.27. The molecule has 2 aliphatic heterocycles. The standard InChI is InChI=1S/C19H26N2O4/c1-19(2,18(23)21-9-5-3-4-6-10-21)17(22)20-14-7-8-15-16(13-14)25-12-11-24-15/h7-8,13H,3-6,9-12H2,1-2H3,(H,20,22). The van der Waals surface area contributed by atoms with Crippen molar-refractivity contribution in [1.29, 1.82) is 0 Å². The van der Waals surface area contributed by atoms with E-state index in [2.05, 4.69) is 5.32 Å². The average Bonchev–Trinajstić information content (AvgIpc) is 2.90. The quantitative estimate of drug-likeness (QED) is 0.855. The summed E-state index contributed by atoms with van der Waals surface area (Å²) in [7, 11) is 0. The van der Waals surface area contributed by atoms with Gasteiger partial charge in [-0.15, -0.1) is 0 Å². The van der Waals surface area contributed by atoms with Crippen molar-refractivity contribution in [3.63, 3.8) is 0 Å². The normalized spacial score (nSPS) is 17.6. The Morgan fingerprint density at radius 1 is 1.00 bits per heavy atom. The predicted octanol–water partition coefficient (Wildman–Crippen LogP) is 2.83. The maximum atomic E-state index is 12.9. The Kier molecular flexibility index (Phi) is 5.16. The molecule has 1 aromatic rings. The largest absolute Gasteiger partial charge is 0.486 e. The van der Waals surface area contributed by atoms with Gasteiger partial charge in [0.25, 0.3) is 0 Å². The number of anilines is 1. The molecular formula is C19H26N2O4. The summed E-state index contributed by atoms with van der Waals surface area (Å²) in [4.78, 5) is 27.4. The zero-order chi connectivity index (χ0) is 17.9. The summed E-state index contributed by atoms with van der Waals surface area (Å²) in [5, 5.41) is 2.85. The zero-order valence-electron chi connectivity index (χ0n) is 15.0. The number of nitrogens with one attached hydrogen (secondary N) is 1. The highest BCUT2D eigenvalue weighted by Crippen LogP contribution is 2.33. The number of carbonyl (C=O) groups is 2. The minimum Gasteiger partial charge on any atom is -0.486 e. The van der Waals surface area contributed by atoms with Crippen LogP contribution in [-0.2, 0) is 9.59 Å². The maximum absolute atomic E-state index is 12.9. The van der Waals surface area contributed by atoms with E-state index in [1.807, 2.05) is 4.90 Å². The van der Waals surface area contributed by atoms with E-state index in [0.29, 0.717) is 30.4 Å². The van der Waals surface area contributed by atoms with E-state index in [0.717, 1.165) is 38.8 Å². The van der Waals surface area contributed by atoms with Gasteiger partial charge in [-0.25, -0.2) is 0 Å². The lowest BCUT2D eigenvalue weighted by Crippen LogP contribution is -2.47. The van der Waals surface area contributed by atoms with Crippen LogP contribution in [0.25, 0.3) is 0 Å². The van der Waals surface area contributed by atoms with Gasteiger partial charge in [0.05, 0.1) is 0 Å². The number of amides is 2. The van der Waals surface area contributed by atoms with Gasteiger partial charge in [-0.2, -0.15) is 0 Å². The molecule has 0 radical (unpaired) electrons. The number of carbonyl (C=O) groups excluding carboxylic acids is 2. The van der Waals surface area contributed by atoms with Crippen LogP contribution in [0.1, 0.15) is 39.5 Å². The van der Waals surface area contributed by atoms with E-state index < -0.39 is 5.41 Å². The van der Waals surface area contributed by atoms with E-state index >= 15 is 0 Å². The summed E-state index contributed by atoms with van der Waals surface area (Å²) < 4.78 is 11.0. The van der Waals surface area contributed by atoms with Crippen molar-refractivity contribution < 1.29 is 19.1 Å². The van der Waals surface area contributed by atoms with E-state index in [9.17, 15) is 9.59 Å². The Morgan fingerprint density at radius 2 is 1.64 bits per heavy atom. The summed E-state index contributed by atoms with van der Waals surface area (Å²) in [5.41, 5.74) is -0.511. The van der Waals surface area contributed by atoms with E-state index in [4.69, 9.17) is 9.47 Å². The molecule has 136 valence electrons. The van der Waals surface area contributed by atoms with Crippen molar-refractivity contribution in [2.75, 3.05) is 31.6 Å². The number of ether oxygens (including phenoxy) is 2. The van der Waals surface area contributed by atoms with Crippen LogP contribution < -0.4 is 14.8 Å². The van der Waals surface area contributed by atoms with Crippen LogP contribution in [-0.4, -0.2) is 43.0 Å². The van der Waals surface area contributed by atoms with E-state index in [1.165, 1.54) is 0 Å². The van der Waals surface area contributed by atoms with Gasteiger partial charge in [0, 0.05) is 24.8 Å². The Balaban J connectivity index is 1.69. The fourth-order valence-electron chi connectivity index (χ4n) is 3.17. The molecule has 2 amide bonds. The van der Waals surface area contributed by atoms with Gasteiger partial charge < -0.3 is 19.7 Å². The third kappa shape index (κ3) is 3.89. The number of fused-ring (bicyclic) bond motifs is 1. The molecule has 1 saturated heterocycles. The molecule has 1 aromatic carbocycles. The smallest absolute Gasteiger partial charge is 0.239 e. The Hall–Kier alpha value is -2.24. The molecule has 6 nitrogen and oxygen atoms in total. The van der Waals surface area contributed by atoms with Crippen LogP contribution in [0.4, 0.5) is 5.69 Å². The van der Waals surface area contributed by atoms with Crippen molar-refractivity contribution in [1.82, 2.24) is 4.90 Å². The molecular weight excluding hydrogens is 320 g/mol. The fourth-order valence-corrected chi connectivity index (χ4v) is 3.17. The van der Waals surface area contributed by atoms with Gasteiger partial charge in [0.2, 0.25) is 11.8 Å². The lowest BCUT2D eigenvalue weighted by Gasteiger charge is -2.30. The summed E-state index contributed by atoms with van der Waals surface area (Å²) in [6.07, 6.45) is 4.30. The molecule has 0 saturated carbocycles. The molecule has 3 rings (SSSR count). The van der Waals surface area contributed by atoms with Crippen molar-refractivity contribution in [2.45, 2.75) is 39.5 Å². The first-order valence-corrected chi connectivity index (χ1v) is 8.99. The van der Waals surface area contributed by atoms with Gasteiger partial charge in [0.1, 0.15) is 18.6 Å². The van der Waals surface area contributed by atoms with Crippen molar-refractivity contribution in [3.05, 3.63) is 18.2 Å². The lowest BCUT2D eigenvalue weighted by atomic mass is 9.90. The van der Waals surface area contributed by atoms with Crippen LogP contribution >= 0.6 is 0 Å². The molecule has 1 N–H and O–H groups in total. The van der Waals surface area contributed by atoms with Crippen LogP contribution in [0, 0.1) is 5.41 Å². The van der Waals surface area contributed by atoms with Crippen LogP contribution in [0.5, 0.6) is 11.5 Å². The minimum absolute atomic E-state index is 0.107. The monoisotopic (exact) mass is 346 g/mol. The summed E-state index contributed by atoms with van der Waals surface area (Å²) in [5.74, 6) is 0.868. The number of likely N-dealkylation sites (tertiary alicyclic amines) is 1. The van der Waals surface area contributed by atoms with Crippen molar-refractivity contribution in [2.24, 2.45) is 5.41 Å².